The van der Waals surface area contributed by atoms with Crippen molar-refractivity contribution in [2.45, 2.75) is 51.2 Å². The molecular weight excluding hydrogens is 272 g/mol. The lowest BCUT2D eigenvalue weighted by Crippen LogP contribution is -2.50. The number of hydrogen-bond donors (Lipinski definition) is 1. The first-order valence-corrected chi connectivity index (χ1v) is 8.88. The third kappa shape index (κ3) is 4.09. The number of aliphatic hydroxyl groups is 1. The van der Waals surface area contributed by atoms with Crippen LogP contribution in [0.15, 0.2) is 30.3 Å². The maximum absolute atomic E-state index is 10.9. The number of benzene rings is 1. The van der Waals surface area contributed by atoms with E-state index in [2.05, 4.69) is 29.0 Å². The summed E-state index contributed by atoms with van der Waals surface area (Å²) >= 11 is 0. The summed E-state index contributed by atoms with van der Waals surface area (Å²) in [4.78, 5) is 5.02. The average molecular weight is 304 g/mol. The third-order valence-corrected chi connectivity index (χ3v) is 5.14. The topological polar surface area (TPSA) is 26.7 Å². The Balaban J connectivity index is 0.000000847. The van der Waals surface area contributed by atoms with Gasteiger partial charge < -0.3 is 14.9 Å². The predicted octanol–water partition coefficient (Wildman–Crippen LogP) is 3.09. The van der Waals surface area contributed by atoms with Crippen LogP contribution in [0.4, 0.5) is 0 Å². The van der Waals surface area contributed by atoms with Crippen molar-refractivity contribution in [1.29, 1.82) is 0 Å². The summed E-state index contributed by atoms with van der Waals surface area (Å²) in [5.41, 5.74) is 0.478. The Hall–Kier alpha value is -0.900. The van der Waals surface area contributed by atoms with E-state index in [1.165, 1.54) is 25.9 Å². The Morgan fingerprint density at radius 3 is 2.05 bits per heavy atom. The predicted molar refractivity (Wildman–Crippen MR) is 93.0 cm³/mol. The van der Waals surface area contributed by atoms with Crippen LogP contribution in [-0.4, -0.2) is 54.2 Å². The lowest BCUT2D eigenvalue weighted by atomic mass is 9.83. The fourth-order valence-electron chi connectivity index (χ4n) is 3.66. The Morgan fingerprint density at radius 1 is 0.955 bits per heavy atom. The van der Waals surface area contributed by atoms with Gasteiger partial charge in [-0.2, -0.15) is 0 Å². The molecule has 0 aromatic heterocycles. The first-order valence-electron chi connectivity index (χ1n) is 8.88. The highest BCUT2D eigenvalue weighted by atomic mass is 16.3. The van der Waals surface area contributed by atoms with Crippen LogP contribution in [0.25, 0.3) is 0 Å². The molecule has 1 N–H and O–H groups in total. The quantitative estimate of drug-likeness (QED) is 0.909. The highest BCUT2D eigenvalue weighted by Gasteiger charge is 2.36. The smallest absolute Gasteiger partial charge is 0.0920 e. The zero-order valence-corrected chi connectivity index (χ0v) is 14.5. The van der Waals surface area contributed by atoms with E-state index >= 15 is 0 Å². The fraction of sp³-hybridized carbons (Fsp3) is 0.684. The minimum atomic E-state index is -0.608. The molecule has 2 aliphatic heterocycles. The van der Waals surface area contributed by atoms with Gasteiger partial charge in [0.2, 0.25) is 0 Å². The first-order chi connectivity index (χ1) is 10.7. The molecule has 3 nitrogen and oxygen atoms in total. The van der Waals surface area contributed by atoms with Crippen LogP contribution in [0.2, 0.25) is 0 Å². The number of nitrogens with zero attached hydrogens (tertiary/aromatic N) is 2. The van der Waals surface area contributed by atoms with Crippen molar-refractivity contribution in [3.63, 3.8) is 0 Å². The lowest BCUT2D eigenvalue weighted by Gasteiger charge is -2.44. The Bertz CT molecular complexity index is 418. The van der Waals surface area contributed by atoms with Gasteiger partial charge in [0.1, 0.15) is 0 Å². The van der Waals surface area contributed by atoms with E-state index in [9.17, 15) is 5.11 Å². The second-order valence-corrected chi connectivity index (χ2v) is 6.47. The standard InChI is InChI=1S/C17H26N2O.C2H6/c1-18-11-7-16(8-12-18)19-13-9-17(20,10-14-19)15-5-3-2-4-6-15;1-2/h2-6,16,20H,7-14H2,1H3;1-2H3. The molecule has 0 atom stereocenters. The van der Waals surface area contributed by atoms with Gasteiger partial charge in [-0.1, -0.05) is 44.2 Å². The summed E-state index contributed by atoms with van der Waals surface area (Å²) in [6, 6.07) is 10.9. The minimum Gasteiger partial charge on any atom is -0.385 e. The van der Waals surface area contributed by atoms with Crippen molar-refractivity contribution in [2.24, 2.45) is 0 Å². The lowest BCUT2D eigenvalue weighted by molar-refractivity contribution is -0.0413. The zero-order chi connectivity index (χ0) is 16.0. The fourth-order valence-corrected chi connectivity index (χ4v) is 3.66. The van der Waals surface area contributed by atoms with E-state index in [1.54, 1.807) is 0 Å². The van der Waals surface area contributed by atoms with Crippen LogP contribution in [-0.2, 0) is 5.60 Å². The van der Waals surface area contributed by atoms with Crippen LogP contribution >= 0.6 is 0 Å². The molecule has 22 heavy (non-hydrogen) atoms. The van der Waals surface area contributed by atoms with Crippen molar-refractivity contribution in [3.05, 3.63) is 35.9 Å². The van der Waals surface area contributed by atoms with Gasteiger partial charge in [0, 0.05) is 19.1 Å². The van der Waals surface area contributed by atoms with Gasteiger partial charge in [-0.3, -0.25) is 0 Å². The van der Waals surface area contributed by atoms with E-state index in [-0.39, 0.29) is 0 Å². The molecule has 0 aliphatic carbocycles. The van der Waals surface area contributed by atoms with Crippen molar-refractivity contribution in [2.75, 3.05) is 33.2 Å². The monoisotopic (exact) mass is 304 g/mol. The van der Waals surface area contributed by atoms with Crippen LogP contribution in [0, 0.1) is 0 Å². The summed E-state index contributed by atoms with van der Waals surface area (Å²) < 4.78 is 0. The molecule has 0 spiro atoms. The van der Waals surface area contributed by atoms with Crippen LogP contribution in [0.1, 0.15) is 45.1 Å². The first kappa shape index (κ1) is 17.5. The van der Waals surface area contributed by atoms with Gasteiger partial charge in [0.25, 0.3) is 0 Å². The van der Waals surface area contributed by atoms with E-state index < -0.39 is 5.60 Å². The molecule has 2 fully saturated rings. The molecule has 1 aromatic rings. The molecule has 0 amide bonds. The molecule has 2 heterocycles. The van der Waals surface area contributed by atoms with Gasteiger partial charge in [-0.25, -0.2) is 0 Å². The number of likely N-dealkylation sites (tertiary alicyclic amines) is 2. The molecule has 1 aromatic carbocycles. The molecule has 0 saturated carbocycles. The van der Waals surface area contributed by atoms with Gasteiger partial charge >= 0.3 is 0 Å². The second kappa shape index (κ2) is 8.09. The van der Waals surface area contributed by atoms with Gasteiger partial charge in [-0.05, 0) is 51.4 Å². The zero-order valence-electron chi connectivity index (χ0n) is 14.5. The summed E-state index contributed by atoms with van der Waals surface area (Å²) in [5.74, 6) is 0. The molecule has 2 saturated heterocycles. The van der Waals surface area contributed by atoms with E-state index in [0.29, 0.717) is 0 Å². The van der Waals surface area contributed by atoms with Gasteiger partial charge in [0.15, 0.2) is 0 Å². The second-order valence-electron chi connectivity index (χ2n) is 6.47. The van der Waals surface area contributed by atoms with Crippen molar-refractivity contribution in [3.8, 4) is 0 Å². The number of hydrogen-bond acceptors (Lipinski definition) is 3. The molecular formula is C19H32N2O. The maximum atomic E-state index is 10.9. The highest BCUT2D eigenvalue weighted by Crippen LogP contribution is 2.34. The summed E-state index contributed by atoms with van der Waals surface area (Å²) in [6.07, 6.45) is 4.28. The highest BCUT2D eigenvalue weighted by molar-refractivity contribution is 5.23. The molecule has 124 valence electrons. The minimum absolute atomic E-state index is 0.608. The largest absolute Gasteiger partial charge is 0.385 e. The van der Waals surface area contributed by atoms with Crippen molar-refractivity contribution >= 4 is 0 Å². The molecule has 2 aliphatic rings. The Morgan fingerprint density at radius 2 is 1.50 bits per heavy atom. The van der Waals surface area contributed by atoms with Crippen molar-refractivity contribution in [1.82, 2.24) is 9.80 Å². The SMILES string of the molecule is CC.CN1CCC(N2CCC(O)(c3ccccc3)CC2)CC1. The molecule has 0 unspecified atom stereocenters. The Labute approximate surface area is 135 Å². The van der Waals surface area contributed by atoms with E-state index in [0.717, 1.165) is 37.5 Å². The number of piperidine rings is 2. The molecule has 0 bridgehead atoms. The summed E-state index contributed by atoms with van der Waals surface area (Å²) in [7, 11) is 2.21. The van der Waals surface area contributed by atoms with Gasteiger partial charge in [0.05, 0.1) is 5.60 Å². The third-order valence-electron chi connectivity index (χ3n) is 5.14. The van der Waals surface area contributed by atoms with E-state index in [4.69, 9.17) is 0 Å². The van der Waals surface area contributed by atoms with Crippen LogP contribution in [0.3, 0.4) is 0 Å². The molecule has 3 heteroatoms. The molecule has 3 rings (SSSR count). The summed E-state index contributed by atoms with van der Waals surface area (Å²) in [6.45, 7) is 8.48. The number of rotatable bonds is 2. The maximum Gasteiger partial charge on any atom is 0.0920 e. The normalized spacial score (nSPS) is 23.6. The van der Waals surface area contributed by atoms with Crippen LogP contribution < -0.4 is 0 Å². The van der Waals surface area contributed by atoms with Crippen molar-refractivity contribution < 1.29 is 5.11 Å². The average Bonchev–Trinajstić information content (AvgIpc) is 2.59. The van der Waals surface area contributed by atoms with E-state index in [1.807, 2.05) is 32.0 Å². The summed E-state index contributed by atoms with van der Waals surface area (Å²) in [5, 5.41) is 10.9. The van der Waals surface area contributed by atoms with Crippen LogP contribution in [0.5, 0.6) is 0 Å². The van der Waals surface area contributed by atoms with Gasteiger partial charge in [-0.15, -0.1) is 0 Å². The molecule has 0 radical (unpaired) electrons. The Kier molecular flexibility index (Phi) is 6.42.